The summed E-state index contributed by atoms with van der Waals surface area (Å²) in [5.41, 5.74) is 0.970. The van der Waals surface area contributed by atoms with Crippen LogP contribution in [0.5, 0.6) is 0 Å². The topological polar surface area (TPSA) is 49.8 Å². The van der Waals surface area contributed by atoms with Crippen LogP contribution in [-0.2, 0) is 4.74 Å². The molecule has 1 N–H and O–H groups in total. The normalized spacial score (nSPS) is 16.7. The second-order valence-corrected chi connectivity index (χ2v) is 5.70. The molecule has 1 aliphatic rings. The molecule has 0 aliphatic carbocycles. The minimum Gasteiger partial charge on any atom is -0.444 e. The summed E-state index contributed by atoms with van der Waals surface area (Å²) in [5.74, 6) is 0. The maximum Gasteiger partial charge on any atom is 0.410 e. The lowest BCUT2D eigenvalue weighted by atomic mass is 10.0. The Labute approximate surface area is 110 Å². The lowest BCUT2D eigenvalue weighted by Crippen LogP contribution is -2.40. The molecule has 4 heteroatoms. The van der Waals surface area contributed by atoms with Crippen molar-refractivity contribution in [2.45, 2.75) is 52.1 Å². The Bertz CT molecular complexity index is 295. The van der Waals surface area contributed by atoms with Gasteiger partial charge in [0.15, 0.2) is 0 Å². The summed E-state index contributed by atoms with van der Waals surface area (Å²) in [6.07, 6.45) is 5.58. The molecule has 1 heterocycles. The Kier molecular flexibility index (Phi) is 5.66. The van der Waals surface area contributed by atoms with Crippen LogP contribution in [0.1, 0.15) is 46.5 Å². The lowest BCUT2D eigenvalue weighted by Gasteiger charge is -2.31. The first-order valence-electron chi connectivity index (χ1n) is 6.69. The van der Waals surface area contributed by atoms with E-state index >= 15 is 0 Å². The molecule has 4 nitrogen and oxygen atoms in total. The van der Waals surface area contributed by atoms with Crippen LogP contribution in [0.15, 0.2) is 11.6 Å². The number of aliphatic hydroxyl groups is 1. The van der Waals surface area contributed by atoms with Crippen LogP contribution in [0.4, 0.5) is 4.79 Å². The highest BCUT2D eigenvalue weighted by molar-refractivity contribution is 5.68. The minimum atomic E-state index is -0.422. The number of carbonyl (C=O) groups is 1. The number of amides is 1. The fraction of sp³-hybridized carbons (Fsp3) is 0.786. The summed E-state index contributed by atoms with van der Waals surface area (Å²) < 4.78 is 5.35. The average Bonchev–Trinajstić information content (AvgIpc) is 2.28. The van der Waals surface area contributed by atoms with Gasteiger partial charge in [-0.2, -0.15) is 0 Å². The molecule has 1 fully saturated rings. The molecule has 0 spiro atoms. The van der Waals surface area contributed by atoms with E-state index in [0.29, 0.717) is 0 Å². The molecule has 104 valence electrons. The number of nitrogens with zero attached hydrogens (tertiary/aromatic N) is 1. The number of aliphatic hydroxyl groups excluding tert-OH is 1. The van der Waals surface area contributed by atoms with Crippen LogP contribution in [0.2, 0.25) is 0 Å². The number of carbonyl (C=O) groups excluding carboxylic acids is 1. The van der Waals surface area contributed by atoms with Gasteiger partial charge < -0.3 is 14.7 Å². The molecule has 0 saturated carbocycles. The van der Waals surface area contributed by atoms with Gasteiger partial charge >= 0.3 is 6.09 Å². The molecule has 0 radical (unpaired) electrons. The largest absolute Gasteiger partial charge is 0.444 e. The van der Waals surface area contributed by atoms with E-state index in [4.69, 9.17) is 9.84 Å². The van der Waals surface area contributed by atoms with Crippen LogP contribution >= 0.6 is 0 Å². The molecule has 1 amide bonds. The number of rotatable bonds is 3. The van der Waals surface area contributed by atoms with E-state index in [1.54, 1.807) is 4.90 Å². The molecule has 0 aromatic carbocycles. The fourth-order valence-electron chi connectivity index (χ4n) is 1.90. The number of allylic oxidation sites excluding steroid dienone is 1. The minimum absolute atomic E-state index is 0.211. The fourth-order valence-corrected chi connectivity index (χ4v) is 1.90. The van der Waals surface area contributed by atoms with Gasteiger partial charge in [0, 0.05) is 19.7 Å². The van der Waals surface area contributed by atoms with Gasteiger partial charge in [0.25, 0.3) is 0 Å². The first-order chi connectivity index (χ1) is 8.42. The van der Waals surface area contributed by atoms with Crippen molar-refractivity contribution in [2.24, 2.45) is 0 Å². The van der Waals surface area contributed by atoms with E-state index < -0.39 is 5.60 Å². The van der Waals surface area contributed by atoms with E-state index in [1.165, 1.54) is 5.57 Å². The SMILES string of the molecule is CC(C)(C)OC(=O)N1CCC(=CCCCO)CC1. The first-order valence-corrected chi connectivity index (χ1v) is 6.69. The molecule has 18 heavy (non-hydrogen) atoms. The summed E-state index contributed by atoms with van der Waals surface area (Å²) in [4.78, 5) is 13.6. The van der Waals surface area contributed by atoms with Crippen LogP contribution < -0.4 is 0 Å². The molecule has 0 aromatic heterocycles. The van der Waals surface area contributed by atoms with Crippen molar-refractivity contribution in [1.29, 1.82) is 0 Å². The standard InChI is InChI=1S/C14H25NO3/c1-14(2,3)18-13(17)15-9-7-12(8-10-15)6-4-5-11-16/h6,16H,4-5,7-11H2,1-3H3. The smallest absolute Gasteiger partial charge is 0.410 e. The molecule has 1 saturated heterocycles. The number of piperidine rings is 1. The molecule has 1 rings (SSSR count). The van der Waals surface area contributed by atoms with Gasteiger partial charge in [-0.3, -0.25) is 0 Å². The molecular weight excluding hydrogens is 230 g/mol. The third-order valence-corrected chi connectivity index (χ3v) is 2.85. The van der Waals surface area contributed by atoms with Crippen LogP contribution in [-0.4, -0.2) is 41.4 Å². The van der Waals surface area contributed by atoms with Gasteiger partial charge in [0.1, 0.15) is 5.60 Å². The number of unbranched alkanes of at least 4 members (excludes halogenated alkanes) is 1. The Morgan fingerprint density at radius 3 is 2.50 bits per heavy atom. The van der Waals surface area contributed by atoms with E-state index in [0.717, 1.165) is 38.8 Å². The van der Waals surface area contributed by atoms with E-state index in [1.807, 2.05) is 20.8 Å². The molecule has 0 atom stereocenters. The summed E-state index contributed by atoms with van der Waals surface area (Å²) in [6, 6.07) is 0. The van der Waals surface area contributed by atoms with Gasteiger partial charge in [0.2, 0.25) is 0 Å². The first kappa shape index (κ1) is 15.0. The highest BCUT2D eigenvalue weighted by Crippen LogP contribution is 2.19. The van der Waals surface area contributed by atoms with Crippen molar-refractivity contribution in [2.75, 3.05) is 19.7 Å². The Balaban J connectivity index is 2.35. The Morgan fingerprint density at radius 1 is 1.39 bits per heavy atom. The second-order valence-electron chi connectivity index (χ2n) is 5.70. The van der Waals surface area contributed by atoms with E-state index in [-0.39, 0.29) is 12.7 Å². The Morgan fingerprint density at radius 2 is 2.00 bits per heavy atom. The van der Waals surface area contributed by atoms with E-state index in [2.05, 4.69) is 6.08 Å². The molecule has 0 bridgehead atoms. The van der Waals surface area contributed by atoms with Crippen LogP contribution in [0.25, 0.3) is 0 Å². The van der Waals surface area contributed by atoms with Crippen molar-refractivity contribution >= 4 is 6.09 Å². The highest BCUT2D eigenvalue weighted by Gasteiger charge is 2.24. The number of hydrogen-bond donors (Lipinski definition) is 1. The van der Waals surface area contributed by atoms with Gasteiger partial charge in [-0.1, -0.05) is 11.6 Å². The van der Waals surface area contributed by atoms with Crippen molar-refractivity contribution in [3.63, 3.8) is 0 Å². The zero-order chi connectivity index (χ0) is 13.6. The predicted octanol–water partition coefficient (Wildman–Crippen LogP) is 2.72. The van der Waals surface area contributed by atoms with Crippen LogP contribution in [0, 0.1) is 0 Å². The molecule has 0 aromatic rings. The average molecular weight is 255 g/mol. The zero-order valence-corrected chi connectivity index (χ0v) is 11.7. The summed E-state index contributed by atoms with van der Waals surface area (Å²) >= 11 is 0. The predicted molar refractivity (Wildman–Crippen MR) is 71.4 cm³/mol. The van der Waals surface area contributed by atoms with Gasteiger partial charge in [-0.25, -0.2) is 4.79 Å². The van der Waals surface area contributed by atoms with Crippen molar-refractivity contribution in [3.8, 4) is 0 Å². The molecular formula is C14H25NO3. The maximum absolute atomic E-state index is 11.8. The lowest BCUT2D eigenvalue weighted by molar-refractivity contribution is 0.0236. The third kappa shape index (κ3) is 5.54. The monoisotopic (exact) mass is 255 g/mol. The van der Waals surface area contributed by atoms with Gasteiger partial charge in [-0.15, -0.1) is 0 Å². The van der Waals surface area contributed by atoms with Crippen molar-refractivity contribution in [1.82, 2.24) is 4.90 Å². The van der Waals surface area contributed by atoms with Crippen molar-refractivity contribution < 1.29 is 14.6 Å². The molecule has 0 unspecified atom stereocenters. The number of hydrogen-bond acceptors (Lipinski definition) is 3. The number of ether oxygens (including phenoxy) is 1. The maximum atomic E-state index is 11.8. The third-order valence-electron chi connectivity index (χ3n) is 2.85. The van der Waals surface area contributed by atoms with Gasteiger partial charge in [-0.05, 0) is 46.5 Å². The summed E-state index contributed by atoms with van der Waals surface area (Å²) in [7, 11) is 0. The van der Waals surface area contributed by atoms with Gasteiger partial charge in [0.05, 0.1) is 0 Å². The summed E-state index contributed by atoms with van der Waals surface area (Å²) in [6.45, 7) is 7.37. The van der Waals surface area contributed by atoms with Crippen molar-refractivity contribution in [3.05, 3.63) is 11.6 Å². The quantitative estimate of drug-likeness (QED) is 0.623. The Hall–Kier alpha value is -1.03. The number of likely N-dealkylation sites (tertiary alicyclic amines) is 1. The molecule has 1 aliphatic heterocycles. The summed E-state index contributed by atoms with van der Waals surface area (Å²) in [5, 5.41) is 8.72. The zero-order valence-electron chi connectivity index (χ0n) is 11.7. The highest BCUT2D eigenvalue weighted by atomic mass is 16.6. The van der Waals surface area contributed by atoms with Crippen LogP contribution in [0.3, 0.4) is 0 Å². The van der Waals surface area contributed by atoms with E-state index in [9.17, 15) is 4.79 Å². The second kappa shape index (κ2) is 6.78.